The fourth-order valence-corrected chi connectivity index (χ4v) is 2.69. The molecule has 0 saturated carbocycles. The summed E-state index contributed by atoms with van der Waals surface area (Å²) in [5.41, 5.74) is 1.30. The number of aromatic nitrogens is 1. The second-order valence-electron chi connectivity index (χ2n) is 5.15. The highest BCUT2D eigenvalue weighted by Crippen LogP contribution is 2.27. The third-order valence-electron chi connectivity index (χ3n) is 3.93. The summed E-state index contributed by atoms with van der Waals surface area (Å²) in [5.74, 6) is 0.391. The van der Waals surface area contributed by atoms with Crippen molar-refractivity contribution in [2.75, 3.05) is 33.3 Å². The van der Waals surface area contributed by atoms with E-state index < -0.39 is 0 Å². The molecule has 6 heteroatoms. The Hall–Kier alpha value is -2.63. The highest BCUT2D eigenvalue weighted by atomic mass is 16.5. The van der Waals surface area contributed by atoms with E-state index in [-0.39, 0.29) is 5.91 Å². The zero-order valence-corrected chi connectivity index (χ0v) is 12.4. The van der Waals surface area contributed by atoms with E-state index in [9.17, 15) is 9.59 Å². The third kappa shape index (κ3) is 2.47. The van der Waals surface area contributed by atoms with Crippen molar-refractivity contribution in [2.24, 2.45) is 0 Å². The monoisotopic (exact) mass is 299 g/mol. The predicted octanol–water partition coefficient (Wildman–Crippen LogP) is 1.16. The van der Waals surface area contributed by atoms with Crippen LogP contribution in [-0.4, -0.2) is 60.4 Å². The van der Waals surface area contributed by atoms with Gasteiger partial charge in [-0.15, -0.1) is 0 Å². The van der Waals surface area contributed by atoms with E-state index in [2.05, 4.69) is 4.98 Å². The first kappa shape index (κ1) is 14.3. The Morgan fingerprint density at radius 3 is 2.64 bits per heavy atom. The standard InChI is InChI=1S/C16H17N3O3/c1-22-14-10-17-13-5-3-2-4-12(13)15(14)16(21)19-8-6-18(11-20)7-9-19/h2-5,10-11H,6-9H2,1H3. The zero-order valence-electron chi connectivity index (χ0n) is 12.4. The van der Waals surface area contributed by atoms with Crippen LogP contribution in [0.1, 0.15) is 10.4 Å². The maximum atomic E-state index is 12.9. The Bertz CT molecular complexity index is 709. The molecular formula is C16H17N3O3. The molecular weight excluding hydrogens is 282 g/mol. The van der Waals surface area contributed by atoms with Gasteiger partial charge in [-0.25, -0.2) is 0 Å². The van der Waals surface area contributed by atoms with Crippen LogP contribution in [0.2, 0.25) is 0 Å². The molecule has 0 bridgehead atoms. The fourth-order valence-electron chi connectivity index (χ4n) is 2.69. The average molecular weight is 299 g/mol. The fraction of sp³-hybridized carbons (Fsp3) is 0.312. The van der Waals surface area contributed by atoms with Gasteiger partial charge < -0.3 is 14.5 Å². The minimum Gasteiger partial charge on any atom is -0.494 e. The van der Waals surface area contributed by atoms with Crippen LogP contribution in [0.5, 0.6) is 5.75 Å². The molecule has 0 N–H and O–H groups in total. The quantitative estimate of drug-likeness (QED) is 0.798. The van der Waals surface area contributed by atoms with Crippen molar-refractivity contribution in [3.63, 3.8) is 0 Å². The first-order valence-corrected chi connectivity index (χ1v) is 7.15. The van der Waals surface area contributed by atoms with Crippen LogP contribution in [0, 0.1) is 0 Å². The summed E-state index contributed by atoms with van der Waals surface area (Å²) in [5, 5.41) is 0.782. The molecule has 1 aliphatic heterocycles. The molecule has 22 heavy (non-hydrogen) atoms. The number of ether oxygens (including phenoxy) is 1. The van der Waals surface area contributed by atoms with Gasteiger partial charge in [0.25, 0.3) is 5.91 Å². The maximum absolute atomic E-state index is 12.9. The summed E-state index contributed by atoms with van der Waals surface area (Å²) in [6.45, 7) is 2.16. The number of methoxy groups -OCH3 is 1. The van der Waals surface area contributed by atoms with Crippen molar-refractivity contribution in [3.05, 3.63) is 36.0 Å². The number of nitrogens with zero attached hydrogens (tertiary/aromatic N) is 3. The van der Waals surface area contributed by atoms with E-state index in [4.69, 9.17) is 4.74 Å². The molecule has 0 atom stereocenters. The molecule has 3 rings (SSSR count). The first-order valence-electron chi connectivity index (χ1n) is 7.15. The lowest BCUT2D eigenvalue weighted by molar-refractivity contribution is -0.119. The summed E-state index contributed by atoms with van der Waals surface area (Å²) in [7, 11) is 1.53. The summed E-state index contributed by atoms with van der Waals surface area (Å²) < 4.78 is 5.33. The Balaban J connectivity index is 1.98. The van der Waals surface area contributed by atoms with Gasteiger partial charge in [0.1, 0.15) is 0 Å². The maximum Gasteiger partial charge on any atom is 0.258 e. The van der Waals surface area contributed by atoms with Gasteiger partial charge in [0.15, 0.2) is 5.75 Å². The van der Waals surface area contributed by atoms with E-state index in [1.165, 1.54) is 7.11 Å². The third-order valence-corrected chi connectivity index (χ3v) is 3.93. The molecule has 6 nitrogen and oxygen atoms in total. The molecule has 2 heterocycles. The number of fused-ring (bicyclic) bond motifs is 1. The number of piperazine rings is 1. The molecule has 114 valence electrons. The predicted molar refractivity (Wildman–Crippen MR) is 81.8 cm³/mol. The molecule has 0 unspecified atom stereocenters. The second-order valence-corrected chi connectivity index (χ2v) is 5.15. The van der Waals surface area contributed by atoms with Gasteiger partial charge in [-0.05, 0) is 6.07 Å². The number of amides is 2. The largest absolute Gasteiger partial charge is 0.494 e. The van der Waals surface area contributed by atoms with Crippen molar-refractivity contribution < 1.29 is 14.3 Å². The Morgan fingerprint density at radius 1 is 1.23 bits per heavy atom. The molecule has 0 spiro atoms. The van der Waals surface area contributed by atoms with Crippen molar-refractivity contribution in [1.82, 2.24) is 14.8 Å². The van der Waals surface area contributed by atoms with Crippen LogP contribution in [-0.2, 0) is 4.79 Å². The summed E-state index contributed by atoms with van der Waals surface area (Å²) in [6, 6.07) is 7.51. The molecule has 1 saturated heterocycles. The number of carbonyl (C=O) groups is 2. The molecule has 0 radical (unpaired) electrons. The Kier molecular flexibility index (Phi) is 3.91. The summed E-state index contributed by atoms with van der Waals surface area (Å²) in [6.07, 6.45) is 2.40. The normalized spacial score (nSPS) is 15.0. The zero-order chi connectivity index (χ0) is 15.5. The van der Waals surface area contributed by atoms with E-state index in [1.807, 2.05) is 24.3 Å². The van der Waals surface area contributed by atoms with Gasteiger partial charge in [-0.1, -0.05) is 18.2 Å². The van der Waals surface area contributed by atoms with Crippen LogP contribution in [0.15, 0.2) is 30.5 Å². The molecule has 1 aromatic heterocycles. The lowest BCUT2D eigenvalue weighted by Crippen LogP contribution is -2.48. The minimum atomic E-state index is -0.0824. The first-order chi connectivity index (χ1) is 10.7. The molecule has 2 aromatic rings. The minimum absolute atomic E-state index is 0.0824. The molecule has 1 fully saturated rings. The van der Waals surface area contributed by atoms with Gasteiger partial charge in [0.2, 0.25) is 6.41 Å². The number of hydrogen-bond acceptors (Lipinski definition) is 4. The SMILES string of the molecule is COc1cnc2ccccc2c1C(=O)N1CCN(C=O)CC1. The van der Waals surface area contributed by atoms with Crippen molar-refractivity contribution >= 4 is 23.2 Å². The van der Waals surface area contributed by atoms with Crippen LogP contribution in [0.25, 0.3) is 10.9 Å². The van der Waals surface area contributed by atoms with Crippen molar-refractivity contribution in [3.8, 4) is 5.75 Å². The van der Waals surface area contributed by atoms with Crippen LogP contribution >= 0.6 is 0 Å². The number of rotatable bonds is 3. The summed E-state index contributed by atoms with van der Waals surface area (Å²) >= 11 is 0. The molecule has 2 amide bonds. The lowest BCUT2D eigenvalue weighted by atomic mass is 10.1. The topological polar surface area (TPSA) is 62.7 Å². The van der Waals surface area contributed by atoms with E-state index in [1.54, 1.807) is 16.0 Å². The highest BCUT2D eigenvalue weighted by molar-refractivity contribution is 6.08. The number of hydrogen-bond donors (Lipinski definition) is 0. The molecule has 1 aromatic carbocycles. The Morgan fingerprint density at radius 2 is 1.95 bits per heavy atom. The van der Waals surface area contributed by atoms with Crippen LogP contribution < -0.4 is 4.74 Å². The smallest absolute Gasteiger partial charge is 0.258 e. The van der Waals surface area contributed by atoms with Crippen LogP contribution in [0.4, 0.5) is 0 Å². The lowest BCUT2D eigenvalue weighted by Gasteiger charge is -2.33. The molecule has 0 aliphatic carbocycles. The number of pyridine rings is 1. The van der Waals surface area contributed by atoms with Crippen molar-refractivity contribution in [1.29, 1.82) is 0 Å². The Labute approximate surface area is 128 Å². The van der Waals surface area contributed by atoms with E-state index in [0.29, 0.717) is 37.5 Å². The van der Waals surface area contributed by atoms with Gasteiger partial charge in [-0.3, -0.25) is 14.6 Å². The van der Waals surface area contributed by atoms with Crippen molar-refractivity contribution in [2.45, 2.75) is 0 Å². The van der Waals surface area contributed by atoms with Crippen LogP contribution in [0.3, 0.4) is 0 Å². The van der Waals surface area contributed by atoms with E-state index >= 15 is 0 Å². The average Bonchev–Trinajstić information content (AvgIpc) is 2.60. The second kappa shape index (κ2) is 6.01. The number of carbonyl (C=O) groups excluding carboxylic acids is 2. The number of para-hydroxylation sites is 1. The van der Waals surface area contributed by atoms with Gasteiger partial charge in [-0.2, -0.15) is 0 Å². The highest BCUT2D eigenvalue weighted by Gasteiger charge is 2.25. The van der Waals surface area contributed by atoms with Gasteiger partial charge >= 0.3 is 0 Å². The summed E-state index contributed by atoms with van der Waals surface area (Å²) in [4.78, 5) is 31.4. The van der Waals surface area contributed by atoms with Gasteiger partial charge in [0, 0.05) is 31.6 Å². The van der Waals surface area contributed by atoms with Gasteiger partial charge in [0.05, 0.1) is 24.4 Å². The molecule has 1 aliphatic rings. The van der Waals surface area contributed by atoms with E-state index in [0.717, 1.165) is 17.3 Å². The number of benzene rings is 1.